The van der Waals surface area contributed by atoms with Crippen LogP contribution in [0.3, 0.4) is 0 Å². The van der Waals surface area contributed by atoms with Crippen LogP contribution in [0.25, 0.3) is 0 Å². The molecular formula is C16H21F3N2O6S. The molecule has 1 unspecified atom stereocenters. The van der Waals surface area contributed by atoms with Crippen molar-refractivity contribution >= 4 is 16.0 Å². The quantitative estimate of drug-likeness (QED) is 0.756. The molecule has 3 heterocycles. The number of pyridine rings is 1. The Balaban J connectivity index is 0.000000345. The Bertz CT molecular complexity index is 766. The highest BCUT2D eigenvalue weighted by Crippen LogP contribution is 2.41. The standard InChI is InChI=1S/C14H20N2O4S.C2HF3O2/c1-21(17,18)16-10-14(11-16)13(4-7-20-14)9-19-8-12-2-5-15-6-3-12;3-2(4,5)1(6)7/h2-3,5-6,13H,4,7-11H2,1H3;(H,6,7). The van der Waals surface area contributed by atoms with Gasteiger partial charge in [-0.2, -0.15) is 17.5 Å². The van der Waals surface area contributed by atoms with Crippen molar-refractivity contribution in [2.24, 2.45) is 5.92 Å². The van der Waals surface area contributed by atoms with Crippen LogP contribution in [0.4, 0.5) is 13.2 Å². The molecule has 1 aromatic rings. The van der Waals surface area contributed by atoms with Crippen LogP contribution in [-0.4, -0.2) is 73.1 Å². The summed E-state index contributed by atoms with van der Waals surface area (Å²) < 4.78 is 67.8. The SMILES string of the molecule is CS(=O)(=O)N1CC2(C1)OCCC2COCc1ccncc1.O=C(O)C(F)(F)F. The van der Waals surface area contributed by atoms with Gasteiger partial charge >= 0.3 is 12.1 Å². The molecule has 2 saturated heterocycles. The number of alkyl halides is 3. The number of halogens is 3. The lowest BCUT2D eigenvalue weighted by Gasteiger charge is -2.48. The summed E-state index contributed by atoms with van der Waals surface area (Å²) in [4.78, 5) is 12.9. The maximum Gasteiger partial charge on any atom is 0.490 e. The summed E-state index contributed by atoms with van der Waals surface area (Å²) in [6.07, 6.45) is 0.571. The highest BCUT2D eigenvalue weighted by atomic mass is 32.2. The fourth-order valence-corrected chi connectivity index (χ4v) is 3.86. The first-order chi connectivity index (χ1) is 12.9. The Morgan fingerprint density at radius 1 is 1.39 bits per heavy atom. The molecule has 158 valence electrons. The van der Waals surface area contributed by atoms with Crippen molar-refractivity contribution < 1.29 is 41.0 Å². The normalized spacial score (nSPS) is 21.6. The van der Waals surface area contributed by atoms with E-state index in [-0.39, 0.29) is 11.5 Å². The number of hydrogen-bond acceptors (Lipinski definition) is 6. The monoisotopic (exact) mass is 426 g/mol. The Morgan fingerprint density at radius 3 is 2.46 bits per heavy atom. The van der Waals surface area contributed by atoms with E-state index in [1.807, 2.05) is 12.1 Å². The van der Waals surface area contributed by atoms with Gasteiger partial charge < -0.3 is 14.6 Å². The minimum absolute atomic E-state index is 0.261. The van der Waals surface area contributed by atoms with Gasteiger partial charge in [-0.15, -0.1) is 0 Å². The maximum atomic E-state index is 11.5. The molecular weight excluding hydrogens is 405 g/mol. The highest BCUT2D eigenvalue weighted by molar-refractivity contribution is 7.88. The van der Waals surface area contributed by atoms with Gasteiger partial charge in [-0.1, -0.05) is 0 Å². The first-order valence-corrected chi connectivity index (χ1v) is 10.1. The number of carbonyl (C=O) groups is 1. The zero-order valence-corrected chi connectivity index (χ0v) is 15.9. The number of nitrogens with zero attached hydrogens (tertiary/aromatic N) is 2. The second-order valence-corrected chi connectivity index (χ2v) is 8.59. The summed E-state index contributed by atoms with van der Waals surface area (Å²) in [6, 6.07) is 3.85. The molecule has 0 amide bonds. The molecule has 2 aliphatic rings. The zero-order valence-electron chi connectivity index (χ0n) is 15.1. The Kier molecular flexibility index (Phi) is 7.02. The summed E-state index contributed by atoms with van der Waals surface area (Å²) in [5.41, 5.74) is 0.755. The third-order valence-electron chi connectivity index (χ3n) is 4.54. The fourth-order valence-electron chi connectivity index (χ4n) is 2.95. The van der Waals surface area contributed by atoms with E-state index < -0.39 is 22.2 Å². The van der Waals surface area contributed by atoms with Crippen LogP contribution in [0.1, 0.15) is 12.0 Å². The molecule has 28 heavy (non-hydrogen) atoms. The summed E-state index contributed by atoms with van der Waals surface area (Å²) >= 11 is 0. The molecule has 2 aliphatic heterocycles. The summed E-state index contributed by atoms with van der Waals surface area (Å²) in [5.74, 6) is -2.50. The first-order valence-electron chi connectivity index (χ1n) is 8.30. The number of carboxylic acids is 1. The largest absolute Gasteiger partial charge is 0.490 e. The molecule has 8 nitrogen and oxygen atoms in total. The van der Waals surface area contributed by atoms with Crippen LogP contribution in [0.5, 0.6) is 0 Å². The van der Waals surface area contributed by atoms with Gasteiger partial charge in [0.25, 0.3) is 0 Å². The van der Waals surface area contributed by atoms with E-state index in [1.54, 1.807) is 12.4 Å². The van der Waals surface area contributed by atoms with Gasteiger partial charge in [0, 0.05) is 38.0 Å². The molecule has 0 radical (unpaired) electrons. The second-order valence-electron chi connectivity index (χ2n) is 6.60. The van der Waals surface area contributed by atoms with E-state index in [1.165, 1.54) is 10.6 Å². The van der Waals surface area contributed by atoms with E-state index >= 15 is 0 Å². The van der Waals surface area contributed by atoms with Gasteiger partial charge in [-0.25, -0.2) is 13.2 Å². The lowest BCUT2D eigenvalue weighted by atomic mass is 9.83. The van der Waals surface area contributed by atoms with E-state index in [9.17, 15) is 21.6 Å². The van der Waals surface area contributed by atoms with Crippen molar-refractivity contribution in [2.45, 2.75) is 24.8 Å². The predicted octanol–water partition coefficient (Wildman–Crippen LogP) is 1.28. The lowest BCUT2D eigenvalue weighted by molar-refractivity contribution is -0.192. The van der Waals surface area contributed by atoms with Gasteiger partial charge in [0.05, 0.1) is 19.5 Å². The first kappa shape index (κ1) is 22.5. The predicted molar refractivity (Wildman–Crippen MR) is 90.8 cm³/mol. The summed E-state index contributed by atoms with van der Waals surface area (Å²) in [6.45, 7) is 2.73. The maximum absolute atomic E-state index is 11.5. The lowest BCUT2D eigenvalue weighted by Crippen LogP contribution is -2.66. The van der Waals surface area contributed by atoms with Gasteiger partial charge in [0.2, 0.25) is 10.0 Å². The van der Waals surface area contributed by atoms with Crippen LogP contribution in [0, 0.1) is 5.92 Å². The van der Waals surface area contributed by atoms with Crippen LogP contribution in [0.2, 0.25) is 0 Å². The summed E-state index contributed by atoms with van der Waals surface area (Å²) in [5, 5.41) is 7.12. The summed E-state index contributed by atoms with van der Waals surface area (Å²) in [7, 11) is -3.11. The Morgan fingerprint density at radius 2 is 1.96 bits per heavy atom. The van der Waals surface area contributed by atoms with Crippen molar-refractivity contribution in [3.05, 3.63) is 30.1 Å². The van der Waals surface area contributed by atoms with E-state index in [2.05, 4.69) is 4.98 Å². The smallest absolute Gasteiger partial charge is 0.475 e. The highest BCUT2D eigenvalue weighted by Gasteiger charge is 2.55. The van der Waals surface area contributed by atoms with Crippen LogP contribution in [0.15, 0.2) is 24.5 Å². The topological polar surface area (TPSA) is 106 Å². The molecule has 1 spiro atoms. The van der Waals surface area contributed by atoms with Crippen molar-refractivity contribution in [2.75, 3.05) is 32.6 Å². The van der Waals surface area contributed by atoms with E-state index in [0.717, 1.165) is 12.0 Å². The zero-order chi connectivity index (χ0) is 21.0. The third kappa shape index (κ3) is 5.87. The second kappa shape index (κ2) is 8.72. The number of sulfonamides is 1. The molecule has 1 N–H and O–H groups in total. The fraction of sp³-hybridized carbons (Fsp3) is 0.625. The molecule has 3 rings (SSSR count). The van der Waals surface area contributed by atoms with Crippen molar-refractivity contribution in [3.8, 4) is 0 Å². The van der Waals surface area contributed by atoms with Gasteiger partial charge in [-0.05, 0) is 24.1 Å². The number of hydrogen-bond donors (Lipinski definition) is 1. The van der Waals surface area contributed by atoms with Crippen molar-refractivity contribution in [1.29, 1.82) is 0 Å². The molecule has 12 heteroatoms. The Hall–Kier alpha value is -1.76. The van der Waals surface area contributed by atoms with Gasteiger partial charge in [0.1, 0.15) is 5.60 Å². The molecule has 0 saturated carbocycles. The average molecular weight is 426 g/mol. The molecule has 1 aromatic heterocycles. The molecule has 0 aliphatic carbocycles. The van der Waals surface area contributed by atoms with E-state index in [0.29, 0.717) is 32.9 Å². The molecule has 0 bridgehead atoms. The number of aliphatic carboxylic acids is 1. The van der Waals surface area contributed by atoms with Crippen LogP contribution in [-0.2, 0) is 30.9 Å². The Labute approximate surface area is 160 Å². The molecule has 1 atom stereocenters. The van der Waals surface area contributed by atoms with Gasteiger partial charge in [0.15, 0.2) is 0 Å². The third-order valence-corrected chi connectivity index (χ3v) is 5.73. The van der Waals surface area contributed by atoms with Crippen molar-refractivity contribution in [3.63, 3.8) is 0 Å². The van der Waals surface area contributed by atoms with E-state index in [4.69, 9.17) is 19.4 Å². The minimum atomic E-state index is -5.08. The number of aromatic nitrogens is 1. The molecule has 0 aromatic carbocycles. The molecule has 2 fully saturated rings. The number of ether oxygens (including phenoxy) is 2. The van der Waals surface area contributed by atoms with Crippen molar-refractivity contribution in [1.82, 2.24) is 9.29 Å². The number of rotatable bonds is 5. The van der Waals surface area contributed by atoms with Crippen LogP contribution >= 0.6 is 0 Å². The van der Waals surface area contributed by atoms with Crippen LogP contribution < -0.4 is 0 Å². The average Bonchev–Trinajstić information content (AvgIpc) is 2.97. The number of carboxylic acid groups (broad SMARTS) is 1. The van der Waals surface area contributed by atoms with Gasteiger partial charge in [-0.3, -0.25) is 4.98 Å². The minimum Gasteiger partial charge on any atom is -0.475 e.